The first-order valence-corrected chi connectivity index (χ1v) is 12.1. The van der Waals surface area contributed by atoms with Crippen LogP contribution in [-0.2, 0) is 16.4 Å². The van der Waals surface area contributed by atoms with Gasteiger partial charge in [-0.2, -0.15) is 0 Å². The summed E-state index contributed by atoms with van der Waals surface area (Å²) in [6.45, 7) is 2.23. The number of H-pyrrole nitrogens is 2. The van der Waals surface area contributed by atoms with E-state index in [9.17, 15) is 18.0 Å². The van der Waals surface area contributed by atoms with Crippen LogP contribution in [0.15, 0.2) is 64.3 Å². The Morgan fingerprint density at radius 2 is 1.65 bits per heavy atom. The van der Waals surface area contributed by atoms with E-state index in [4.69, 9.17) is 0 Å². The lowest BCUT2D eigenvalue weighted by molar-refractivity contribution is 0.103. The number of aromatic nitrogens is 2. The van der Waals surface area contributed by atoms with Gasteiger partial charge in [-0.05, 0) is 61.7 Å². The Bertz CT molecular complexity index is 1220. The molecule has 1 aromatic heterocycles. The predicted molar refractivity (Wildman–Crippen MR) is 118 cm³/mol. The van der Waals surface area contributed by atoms with Gasteiger partial charge in [-0.3, -0.25) is 9.69 Å². The first-order valence-electron chi connectivity index (χ1n) is 10.2. The zero-order valence-corrected chi connectivity index (χ0v) is 18.1. The molecule has 0 spiro atoms. The Morgan fingerprint density at radius 1 is 1.00 bits per heavy atom. The second-order valence-corrected chi connectivity index (χ2v) is 10.0. The van der Waals surface area contributed by atoms with Gasteiger partial charge in [-0.25, -0.2) is 13.2 Å². The zero-order chi connectivity index (χ0) is 22.0. The van der Waals surface area contributed by atoms with E-state index in [1.54, 1.807) is 0 Å². The number of carbonyl (C=O) groups is 1. The average Bonchev–Trinajstić information content (AvgIpc) is 3.14. The van der Waals surface area contributed by atoms with Gasteiger partial charge in [0.25, 0.3) is 0 Å². The number of sulfone groups is 1. The summed E-state index contributed by atoms with van der Waals surface area (Å²) in [5.74, 6) is 0.185. The van der Waals surface area contributed by atoms with Gasteiger partial charge in [0.05, 0.1) is 10.6 Å². The average molecular weight is 440 g/mol. The molecule has 0 aliphatic carbocycles. The van der Waals surface area contributed by atoms with E-state index in [-0.39, 0.29) is 16.4 Å². The van der Waals surface area contributed by atoms with Gasteiger partial charge in [-0.15, -0.1) is 0 Å². The number of benzene rings is 2. The fraction of sp³-hybridized carbons (Fsp3) is 0.304. The summed E-state index contributed by atoms with van der Waals surface area (Å²) in [4.78, 5) is 32.7. The molecule has 2 heterocycles. The Labute approximate surface area is 181 Å². The predicted octanol–water partition coefficient (Wildman–Crippen LogP) is 2.72. The number of rotatable bonds is 6. The molecule has 1 fully saturated rings. The second kappa shape index (κ2) is 8.64. The van der Waals surface area contributed by atoms with Gasteiger partial charge in [-0.1, -0.05) is 30.3 Å². The van der Waals surface area contributed by atoms with Gasteiger partial charge in [0.15, 0.2) is 9.84 Å². The fourth-order valence-electron chi connectivity index (χ4n) is 4.10. The minimum atomic E-state index is -3.34. The smallest absolute Gasteiger partial charge is 0.308 e. The van der Waals surface area contributed by atoms with Gasteiger partial charge in [0.1, 0.15) is 5.69 Å². The van der Waals surface area contributed by atoms with Crippen LogP contribution in [-0.4, -0.2) is 48.4 Å². The van der Waals surface area contributed by atoms with Crippen molar-refractivity contribution in [3.05, 3.63) is 87.6 Å². The SMILES string of the molecule is CS(=O)(=O)c1ccc(C(=O)c2[nH]c(=O)[nH]c2CN2CCC(c3ccccc3)CC2)cc1. The fourth-order valence-corrected chi connectivity index (χ4v) is 4.73. The molecule has 2 N–H and O–H groups in total. The van der Waals surface area contributed by atoms with Crippen LogP contribution in [0.2, 0.25) is 0 Å². The van der Waals surface area contributed by atoms with Crippen molar-refractivity contribution in [2.24, 2.45) is 0 Å². The van der Waals surface area contributed by atoms with Crippen molar-refractivity contribution in [3.63, 3.8) is 0 Å². The van der Waals surface area contributed by atoms with Gasteiger partial charge >= 0.3 is 5.69 Å². The molecule has 162 valence electrons. The number of piperidine rings is 1. The summed E-state index contributed by atoms with van der Waals surface area (Å²) in [7, 11) is -3.34. The highest BCUT2D eigenvalue weighted by Crippen LogP contribution is 2.28. The zero-order valence-electron chi connectivity index (χ0n) is 17.3. The van der Waals surface area contributed by atoms with E-state index in [1.807, 2.05) is 6.07 Å². The lowest BCUT2D eigenvalue weighted by Gasteiger charge is -2.32. The van der Waals surface area contributed by atoms with Crippen LogP contribution in [0.1, 0.15) is 46.1 Å². The number of nitrogens with one attached hydrogen (secondary N) is 2. The number of hydrogen-bond donors (Lipinski definition) is 2. The summed E-state index contributed by atoms with van der Waals surface area (Å²) in [5, 5.41) is 0. The summed E-state index contributed by atoms with van der Waals surface area (Å²) in [6.07, 6.45) is 3.16. The molecule has 0 radical (unpaired) electrons. The monoisotopic (exact) mass is 439 g/mol. The van der Waals surface area contributed by atoms with Gasteiger partial charge < -0.3 is 9.97 Å². The van der Waals surface area contributed by atoms with Crippen molar-refractivity contribution in [1.29, 1.82) is 0 Å². The molecule has 7 nitrogen and oxygen atoms in total. The van der Waals surface area contributed by atoms with Crippen molar-refractivity contribution in [1.82, 2.24) is 14.9 Å². The lowest BCUT2D eigenvalue weighted by Crippen LogP contribution is -2.33. The Kier molecular flexibility index (Phi) is 5.93. The molecule has 0 atom stereocenters. The molecule has 0 amide bonds. The van der Waals surface area contributed by atoms with Crippen LogP contribution < -0.4 is 5.69 Å². The molecule has 8 heteroatoms. The largest absolute Gasteiger partial charge is 0.323 e. The molecule has 31 heavy (non-hydrogen) atoms. The highest BCUT2D eigenvalue weighted by molar-refractivity contribution is 7.90. The highest BCUT2D eigenvalue weighted by Gasteiger charge is 2.24. The molecule has 2 aromatic carbocycles. The van der Waals surface area contributed by atoms with Crippen LogP contribution in [0, 0.1) is 0 Å². The molecular weight excluding hydrogens is 414 g/mol. The van der Waals surface area contributed by atoms with E-state index in [0.717, 1.165) is 32.2 Å². The van der Waals surface area contributed by atoms with Crippen LogP contribution >= 0.6 is 0 Å². The van der Waals surface area contributed by atoms with Crippen LogP contribution in [0.25, 0.3) is 0 Å². The Morgan fingerprint density at radius 3 is 2.26 bits per heavy atom. The van der Waals surface area contributed by atoms with E-state index < -0.39 is 15.5 Å². The maximum absolute atomic E-state index is 13.0. The van der Waals surface area contributed by atoms with E-state index in [2.05, 4.69) is 39.1 Å². The molecule has 1 saturated heterocycles. The molecule has 3 aromatic rings. The van der Waals surface area contributed by atoms with Crippen molar-refractivity contribution in [3.8, 4) is 0 Å². The maximum Gasteiger partial charge on any atom is 0.323 e. The molecule has 1 aliphatic rings. The van der Waals surface area contributed by atoms with Crippen LogP contribution in [0.3, 0.4) is 0 Å². The molecular formula is C23H25N3O4S. The first kappa shape index (κ1) is 21.3. The van der Waals surface area contributed by atoms with Crippen molar-refractivity contribution in [2.75, 3.05) is 19.3 Å². The maximum atomic E-state index is 13.0. The molecule has 0 unspecified atom stereocenters. The number of carbonyl (C=O) groups excluding carboxylic acids is 1. The van der Waals surface area contributed by atoms with Crippen molar-refractivity contribution in [2.45, 2.75) is 30.2 Å². The number of aromatic amines is 2. The third-order valence-corrected chi connectivity index (χ3v) is 6.95. The summed E-state index contributed by atoms with van der Waals surface area (Å²) in [5.41, 5.74) is 2.03. The van der Waals surface area contributed by atoms with Gasteiger partial charge in [0, 0.05) is 18.4 Å². The molecule has 0 bridgehead atoms. The number of ketones is 1. The number of nitrogens with zero attached hydrogens (tertiary/aromatic N) is 1. The molecule has 0 saturated carbocycles. The summed E-state index contributed by atoms with van der Waals surface area (Å²) in [6, 6.07) is 16.2. The van der Waals surface area contributed by atoms with Gasteiger partial charge in [0.2, 0.25) is 5.78 Å². The standard InChI is InChI=1S/C23H25N3O4S/c1-31(29,30)19-9-7-18(8-10-19)22(27)21-20(24-23(28)25-21)15-26-13-11-17(12-14-26)16-5-3-2-4-6-16/h2-10,17H,11-15H2,1H3,(H2,24,25,28). The van der Waals surface area contributed by atoms with Crippen molar-refractivity contribution < 1.29 is 13.2 Å². The Balaban J connectivity index is 1.47. The first-order chi connectivity index (χ1) is 14.8. The number of hydrogen-bond acceptors (Lipinski definition) is 5. The minimum Gasteiger partial charge on any atom is -0.308 e. The molecule has 4 rings (SSSR count). The van der Waals surface area contributed by atoms with Crippen LogP contribution in [0.4, 0.5) is 0 Å². The minimum absolute atomic E-state index is 0.146. The summed E-state index contributed by atoms with van der Waals surface area (Å²) < 4.78 is 23.3. The lowest BCUT2D eigenvalue weighted by atomic mass is 9.89. The highest BCUT2D eigenvalue weighted by atomic mass is 32.2. The number of likely N-dealkylation sites (tertiary alicyclic amines) is 1. The third-order valence-electron chi connectivity index (χ3n) is 5.82. The number of imidazole rings is 1. The second-order valence-electron chi connectivity index (χ2n) is 8.02. The quantitative estimate of drug-likeness (QED) is 0.575. The van der Waals surface area contributed by atoms with Crippen molar-refractivity contribution >= 4 is 15.6 Å². The van der Waals surface area contributed by atoms with Crippen LogP contribution in [0.5, 0.6) is 0 Å². The normalized spacial score (nSPS) is 15.8. The topological polar surface area (TPSA) is 103 Å². The third kappa shape index (κ3) is 4.86. The van der Waals surface area contributed by atoms with E-state index in [0.29, 0.717) is 23.7 Å². The molecule has 1 aliphatic heterocycles. The Hall–Kier alpha value is -2.97. The summed E-state index contributed by atoms with van der Waals surface area (Å²) >= 11 is 0. The van der Waals surface area contributed by atoms with E-state index >= 15 is 0 Å². The van der Waals surface area contributed by atoms with E-state index in [1.165, 1.54) is 29.8 Å².